The number of nitrogens with zero attached hydrogens (tertiary/aromatic N) is 2. The van der Waals surface area contributed by atoms with E-state index in [-0.39, 0.29) is 11.6 Å². The zero-order chi connectivity index (χ0) is 14.2. The van der Waals surface area contributed by atoms with Crippen LogP contribution in [0.4, 0.5) is 10.1 Å². The fourth-order valence-electron chi connectivity index (χ4n) is 2.02. The molecule has 0 aliphatic rings. The normalized spacial score (nSPS) is 10.6. The SMILES string of the molecule is Cc1ccc(F)c(NC(=O)c2c(C)nn(C)c2C)c1. The average molecular weight is 261 g/mol. The third kappa shape index (κ3) is 2.50. The zero-order valence-electron chi connectivity index (χ0n) is 11.4. The van der Waals surface area contributed by atoms with E-state index >= 15 is 0 Å². The van der Waals surface area contributed by atoms with Gasteiger partial charge in [-0.25, -0.2) is 4.39 Å². The Bertz CT molecular complexity index is 646. The van der Waals surface area contributed by atoms with Gasteiger partial charge in [-0.1, -0.05) is 6.07 Å². The van der Waals surface area contributed by atoms with E-state index in [1.165, 1.54) is 6.07 Å². The van der Waals surface area contributed by atoms with Gasteiger partial charge in [-0.2, -0.15) is 5.10 Å². The van der Waals surface area contributed by atoms with E-state index in [9.17, 15) is 9.18 Å². The van der Waals surface area contributed by atoms with Gasteiger partial charge in [0, 0.05) is 12.7 Å². The van der Waals surface area contributed by atoms with Gasteiger partial charge in [-0.15, -0.1) is 0 Å². The van der Waals surface area contributed by atoms with E-state index in [1.807, 2.05) is 13.8 Å². The highest BCUT2D eigenvalue weighted by atomic mass is 19.1. The van der Waals surface area contributed by atoms with Gasteiger partial charge in [0.25, 0.3) is 5.91 Å². The summed E-state index contributed by atoms with van der Waals surface area (Å²) in [6.45, 7) is 5.41. The first kappa shape index (κ1) is 13.3. The molecular formula is C14H16FN3O. The molecule has 1 aromatic carbocycles. The van der Waals surface area contributed by atoms with Gasteiger partial charge >= 0.3 is 0 Å². The third-order valence-corrected chi connectivity index (χ3v) is 3.11. The van der Waals surface area contributed by atoms with Crippen LogP contribution < -0.4 is 5.32 Å². The van der Waals surface area contributed by atoms with Crippen LogP contribution in [-0.2, 0) is 7.05 Å². The van der Waals surface area contributed by atoms with Crippen LogP contribution in [0.5, 0.6) is 0 Å². The predicted molar refractivity (Wildman–Crippen MR) is 71.8 cm³/mol. The number of aromatic nitrogens is 2. The molecule has 0 spiro atoms. The molecule has 2 aromatic rings. The van der Waals surface area contributed by atoms with Gasteiger partial charge in [0.15, 0.2) is 0 Å². The molecule has 0 bridgehead atoms. The molecule has 19 heavy (non-hydrogen) atoms. The van der Waals surface area contributed by atoms with E-state index in [4.69, 9.17) is 0 Å². The Balaban J connectivity index is 2.33. The average Bonchev–Trinajstić information content (AvgIpc) is 2.58. The Hall–Kier alpha value is -2.17. The molecule has 0 unspecified atom stereocenters. The van der Waals surface area contributed by atoms with Crippen molar-refractivity contribution in [1.29, 1.82) is 0 Å². The van der Waals surface area contributed by atoms with Crippen molar-refractivity contribution in [2.24, 2.45) is 7.05 Å². The summed E-state index contributed by atoms with van der Waals surface area (Å²) in [6.07, 6.45) is 0. The van der Waals surface area contributed by atoms with Crippen LogP contribution in [0.25, 0.3) is 0 Å². The highest BCUT2D eigenvalue weighted by Crippen LogP contribution is 2.19. The highest BCUT2D eigenvalue weighted by Gasteiger charge is 2.18. The molecular weight excluding hydrogens is 245 g/mol. The zero-order valence-corrected chi connectivity index (χ0v) is 11.4. The van der Waals surface area contributed by atoms with Crippen molar-refractivity contribution in [2.45, 2.75) is 20.8 Å². The van der Waals surface area contributed by atoms with E-state index in [0.717, 1.165) is 11.3 Å². The Morgan fingerprint density at radius 2 is 2.00 bits per heavy atom. The summed E-state index contributed by atoms with van der Waals surface area (Å²) in [6, 6.07) is 4.60. The van der Waals surface area contributed by atoms with Crippen LogP contribution in [0.2, 0.25) is 0 Å². The number of amides is 1. The molecule has 0 aliphatic carbocycles. The fourth-order valence-corrected chi connectivity index (χ4v) is 2.02. The second-order valence-corrected chi connectivity index (χ2v) is 4.61. The molecule has 2 rings (SSSR count). The third-order valence-electron chi connectivity index (χ3n) is 3.11. The lowest BCUT2D eigenvalue weighted by molar-refractivity contribution is 0.102. The highest BCUT2D eigenvalue weighted by molar-refractivity contribution is 6.05. The molecule has 100 valence electrons. The van der Waals surface area contributed by atoms with Gasteiger partial charge in [0.1, 0.15) is 5.82 Å². The van der Waals surface area contributed by atoms with Gasteiger partial charge in [0.05, 0.1) is 16.9 Å². The van der Waals surface area contributed by atoms with Gasteiger partial charge < -0.3 is 5.32 Å². The standard InChI is InChI=1S/C14H16FN3O/c1-8-5-6-11(15)12(7-8)16-14(19)13-9(2)17-18(4)10(13)3/h5-7H,1-4H3,(H,16,19). The molecule has 0 radical (unpaired) electrons. The monoisotopic (exact) mass is 261 g/mol. The maximum absolute atomic E-state index is 13.6. The molecule has 0 aliphatic heterocycles. The van der Waals surface area contributed by atoms with Gasteiger partial charge in [0.2, 0.25) is 0 Å². The van der Waals surface area contributed by atoms with E-state index in [0.29, 0.717) is 11.3 Å². The second kappa shape index (κ2) is 4.84. The lowest BCUT2D eigenvalue weighted by atomic mass is 10.1. The van der Waals surface area contributed by atoms with Crippen molar-refractivity contribution in [3.63, 3.8) is 0 Å². The quantitative estimate of drug-likeness (QED) is 0.903. The summed E-state index contributed by atoms with van der Waals surface area (Å²) in [7, 11) is 1.77. The number of carbonyl (C=O) groups excluding carboxylic acids is 1. The number of anilines is 1. The maximum Gasteiger partial charge on any atom is 0.259 e. The largest absolute Gasteiger partial charge is 0.319 e. The smallest absolute Gasteiger partial charge is 0.259 e. The molecule has 0 fully saturated rings. The second-order valence-electron chi connectivity index (χ2n) is 4.61. The summed E-state index contributed by atoms with van der Waals surface area (Å²) in [5, 5.41) is 6.77. The molecule has 0 saturated carbocycles. The molecule has 1 N–H and O–H groups in total. The number of hydrogen-bond donors (Lipinski definition) is 1. The molecule has 1 heterocycles. The van der Waals surface area contributed by atoms with Crippen LogP contribution in [0.15, 0.2) is 18.2 Å². The molecule has 1 amide bonds. The summed E-state index contributed by atoms with van der Waals surface area (Å²) in [5.41, 5.74) is 2.95. The van der Waals surface area contributed by atoms with Crippen molar-refractivity contribution in [1.82, 2.24) is 9.78 Å². The van der Waals surface area contributed by atoms with E-state index in [1.54, 1.807) is 30.8 Å². The predicted octanol–water partition coefficient (Wildman–Crippen LogP) is 2.74. The summed E-state index contributed by atoms with van der Waals surface area (Å²) in [5.74, 6) is -0.786. The topological polar surface area (TPSA) is 46.9 Å². The fraction of sp³-hybridized carbons (Fsp3) is 0.286. The maximum atomic E-state index is 13.6. The minimum atomic E-state index is -0.446. The Labute approximate surface area is 111 Å². The molecule has 5 heteroatoms. The Kier molecular flexibility index (Phi) is 3.38. The van der Waals surface area contributed by atoms with Gasteiger partial charge in [-0.05, 0) is 38.5 Å². The van der Waals surface area contributed by atoms with E-state index in [2.05, 4.69) is 10.4 Å². The minimum Gasteiger partial charge on any atom is -0.319 e. The number of benzene rings is 1. The van der Waals surface area contributed by atoms with Crippen LogP contribution in [0, 0.1) is 26.6 Å². The summed E-state index contributed by atoms with van der Waals surface area (Å²) in [4.78, 5) is 12.2. The summed E-state index contributed by atoms with van der Waals surface area (Å²) >= 11 is 0. The van der Waals surface area contributed by atoms with Crippen molar-refractivity contribution in [2.75, 3.05) is 5.32 Å². The van der Waals surface area contributed by atoms with E-state index < -0.39 is 5.82 Å². The van der Waals surface area contributed by atoms with Crippen LogP contribution in [-0.4, -0.2) is 15.7 Å². The molecule has 1 aromatic heterocycles. The number of carbonyl (C=O) groups is 1. The van der Waals surface area contributed by atoms with Crippen LogP contribution >= 0.6 is 0 Å². The van der Waals surface area contributed by atoms with Crippen molar-refractivity contribution >= 4 is 11.6 Å². The van der Waals surface area contributed by atoms with Crippen molar-refractivity contribution in [3.8, 4) is 0 Å². The lowest BCUT2D eigenvalue weighted by Crippen LogP contribution is -2.15. The first-order valence-electron chi connectivity index (χ1n) is 5.98. The van der Waals surface area contributed by atoms with Crippen molar-refractivity contribution < 1.29 is 9.18 Å². The Morgan fingerprint density at radius 1 is 1.32 bits per heavy atom. The summed E-state index contributed by atoms with van der Waals surface area (Å²) < 4.78 is 15.3. The minimum absolute atomic E-state index is 0.188. The number of halogens is 1. The van der Waals surface area contributed by atoms with Crippen LogP contribution in [0.3, 0.4) is 0 Å². The number of hydrogen-bond acceptors (Lipinski definition) is 2. The molecule has 4 nitrogen and oxygen atoms in total. The molecule has 0 saturated heterocycles. The first-order valence-corrected chi connectivity index (χ1v) is 5.98. The number of rotatable bonds is 2. The number of aryl methyl sites for hydroxylation is 3. The first-order chi connectivity index (χ1) is 8.90. The Morgan fingerprint density at radius 3 is 2.58 bits per heavy atom. The number of nitrogens with one attached hydrogen (secondary N) is 1. The lowest BCUT2D eigenvalue weighted by Gasteiger charge is -2.07. The van der Waals surface area contributed by atoms with Crippen LogP contribution in [0.1, 0.15) is 27.3 Å². The van der Waals surface area contributed by atoms with Gasteiger partial charge in [-0.3, -0.25) is 9.48 Å². The molecule has 0 atom stereocenters. The van der Waals surface area contributed by atoms with Crippen molar-refractivity contribution in [3.05, 3.63) is 46.5 Å².